The summed E-state index contributed by atoms with van der Waals surface area (Å²) in [6.45, 7) is 2.22. The molecule has 2 aliphatic rings. The van der Waals surface area contributed by atoms with Crippen molar-refractivity contribution in [2.45, 2.75) is 19.1 Å². The topological polar surface area (TPSA) is 79.7 Å². The fourth-order valence-corrected chi connectivity index (χ4v) is 3.89. The maximum atomic E-state index is 13.2. The molecule has 1 N–H and O–H groups in total. The number of hydrogen-bond acceptors (Lipinski definition) is 4. The zero-order valence-electron chi connectivity index (χ0n) is 16.9. The van der Waals surface area contributed by atoms with Crippen LogP contribution >= 0.6 is 0 Å². The smallest absolute Gasteiger partial charge is 0.378 e. The average molecular weight is 437 g/mol. The van der Waals surface area contributed by atoms with E-state index in [-0.39, 0.29) is 23.8 Å². The molecule has 1 aromatic heterocycles. The Morgan fingerprint density at radius 1 is 1.10 bits per heavy atom. The first-order valence-corrected chi connectivity index (χ1v) is 9.89. The molecule has 166 valence electrons. The second-order valence-electron chi connectivity index (χ2n) is 7.45. The van der Waals surface area contributed by atoms with Crippen LogP contribution in [-0.4, -0.2) is 64.4 Å². The SMILES string of the molecule is Cn1nc(C(=O)N2CCOCC2)c2c1CCN(C(=O)Nc1ccccc1C(F)(F)F)C2. The molecule has 0 atom stereocenters. The summed E-state index contributed by atoms with van der Waals surface area (Å²) in [6.07, 6.45) is -4.14. The van der Waals surface area contributed by atoms with Crippen LogP contribution in [0.1, 0.15) is 27.3 Å². The van der Waals surface area contributed by atoms with Crippen molar-refractivity contribution in [3.05, 3.63) is 46.8 Å². The monoisotopic (exact) mass is 437 g/mol. The van der Waals surface area contributed by atoms with Gasteiger partial charge in [-0.15, -0.1) is 0 Å². The van der Waals surface area contributed by atoms with Crippen LogP contribution in [0.5, 0.6) is 0 Å². The van der Waals surface area contributed by atoms with Crippen molar-refractivity contribution in [3.8, 4) is 0 Å². The van der Waals surface area contributed by atoms with Gasteiger partial charge in [-0.1, -0.05) is 12.1 Å². The molecule has 2 aromatic rings. The minimum absolute atomic E-state index is 0.0919. The number of aryl methyl sites for hydroxylation is 1. The summed E-state index contributed by atoms with van der Waals surface area (Å²) < 4.78 is 46.6. The maximum absolute atomic E-state index is 13.2. The summed E-state index contributed by atoms with van der Waals surface area (Å²) in [6, 6.07) is 4.18. The molecule has 1 fully saturated rings. The molecule has 0 spiro atoms. The third-order valence-corrected chi connectivity index (χ3v) is 5.50. The lowest BCUT2D eigenvalue weighted by Crippen LogP contribution is -2.42. The number of morpholine rings is 1. The number of rotatable bonds is 2. The largest absolute Gasteiger partial charge is 0.418 e. The van der Waals surface area contributed by atoms with Gasteiger partial charge in [0.05, 0.1) is 31.0 Å². The maximum Gasteiger partial charge on any atom is 0.418 e. The summed E-state index contributed by atoms with van der Waals surface area (Å²) in [5.74, 6) is -0.232. The number of amides is 3. The predicted molar refractivity (Wildman–Crippen MR) is 105 cm³/mol. The van der Waals surface area contributed by atoms with Crippen molar-refractivity contribution in [1.29, 1.82) is 0 Å². The van der Waals surface area contributed by atoms with Crippen molar-refractivity contribution >= 4 is 17.6 Å². The van der Waals surface area contributed by atoms with Crippen LogP contribution in [0.2, 0.25) is 0 Å². The number of nitrogens with one attached hydrogen (secondary N) is 1. The lowest BCUT2D eigenvalue weighted by atomic mass is 10.0. The molecule has 0 aliphatic carbocycles. The molecule has 11 heteroatoms. The number of carbonyl (C=O) groups excluding carboxylic acids is 2. The first-order chi connectivity index (χ1) is 14.8. The van der Waals surface area contributed by atoms with Gasteiger partial charge in [0.2, 0.25) is 0 Å². The lowest BCUT2D eigenvalue weighted by Gasteiger charge is -2.29. The van der Waals surface area contributed by atoms with Gasteiger partial charge in [0, 0.05) is 44.4 Å². The van der Waals surface area contributed by atoms with E-state index in [1.165, 1.54) is 23.1 Å². The first kappa shape index (κ1) is 21.2. The van der Waals surface area contributed by atoms with E-state index < -0.39 is 17.8 Å². The second-order valence-corrected chi connectivity index (χ2v) is 7.45. The molecule has 3 amide bonds. The van der Waals surface area contributed by atoms with E-state index in [1.807, 2.05) is 0 Å². The van der Waals surface area contributed by atoms with Crippen molar-refractivity contribution in [2.24, 2.45) is 7.05 Å². The van der Waals surface area contributed by atoms with Crippen molar-refractivity contribution in [2.75, 3.05) is 38.2 Å². The van der Waals surface area contributed by atoms with Gasteiger partial charge in [0.15, 0.2) is 5.69 Å². The second kappa shape index (κ2) is 8.22. The fraction of sp³-hybridized carbons (Fsp3) is 0.450. The molecule has 0 saturated carbocycles. The van der Waals surface area contributed by atoms with Crippen molar-refractivity contribution < 1.29 is 27.5 Å². The third kappa shape index (κ3) is 4.22. The fourth-order valence-electron chi connectivity index (χ4n) is 3.89. The summed E-state index contributed by atoms with van der Waals surface area (Å²) in [4.78, 5) is 28.8. The Balaban J connectivity index is 1.54. The van der Waals surface area contributed by atoms with Gasteiger partial charge in [0.25, 0.3) is 5.91 Å². The minimum Gasteiger partial charge on any atom is -0.378 e. The van der Waals surface area contributed by atoms with Gasteiger partial charge in [-0.25, -0.2) is 4.79 Å². The number of urea groups is 1. The highest BCUT2D eigenvalue weighted by atomic mass is 19.4. The van der Waals surface area contributed by atoms with E-state index in [4.69, 9.17) is 4.74 Å². The lowest BCUT2D eigenvalue weighted by molar-refractivity contribution is -0.136. The molecule has 1 aromatic carbocycles. The summed E-state index contributed by atoms with van der Waals surface area (Å²) in [7, 11) is 1.74. The molecule has 0 bridgehead atoms. The van der Waals surface area contributed by atoms with Crippen LogP contribution in [-0.2, 0) is 30.9 Å². The summed E-state index contributed by atoms with van der Waals surface area (Å²) in [5, 5.41) is 6.73. The first-order valence-electron chi connectivity index (χ1n) is 9.89. The van der Waals surface area contributed by atoms with Crippen LogP contribution < -0.4 is 5.32 Å². The molecule has 3 heterocycles. The predicted octanol–water partition coefficient (Wildman–Crippen LogP) is 2.50. The normalized spacial score (nSPS) is 16.8. The number of para-hydroxylation sites is 1. The van der Waals surface area contributed by atoms with Crippen LogP contribution in [0.15, 0.2) is 24.3 Å². The van der Waals surface area contributed by atoms with Gasteiger partial charge >= 0.3 is 12.2 Å². The molecule has 31 heavy (non-hydrogen) atoms. The molecule has 0 radical (unpaired) electrons. The Hall–Kier alpha value is -3.08. The average Bonchev–Trinajstić information content (AvgIpc) is 3.09. The minimum atomic E-state index is -4.58. The molecule has 4 rings (SSSR count). The van der Waals surface area contributed by atoms with E-state index in [1.54, 1.807) is 16.6 Å². The molecule has 0 unspecified atom stereocenters. The van der Waals surface area contributed by atoms with E-state index in [0.717, 1.165) is 11.8 Å². The van der Waals surface area contributed by atoms with E-state index in [0.29, 0.717) is 44.8 Å². The van der Waals surface area contributed by atoms with Gasteiger partial charge < -0.3 is 19.9 Å². The summed E-state index contributed by atoms with van der Waals surface area (Å²) >= 11 is 0. The van der Waals surface area contributed by atoms with E-state index >= 15 is 0 Å². The van der Waals surface area contributed by atoms with Crippen molar-refractivity contribution in [3.63, 3.8) is 0 Å². The number of benzene rings is 1. The van der Waals surface area contributed by atoms with E-state index in [2.05, 4.69) is 10.4 Å². The Bertz CT molecular complexity index is 998. The van der Waals surface area contributed by atoms with Crippen LogP contribution in [0.4, 0.5) is 23.7 Å². The number of anilines is 1. The number of alkyl halides is 3. The molecule has 1 saturated heterocycles. The number of halogens is 3. The number of ether oxygens (including phenoxy) is 1. The van der Waals surface area contributed by atoms with Crippen LogP contribution in [0.3, 0.4) is 0 Å². The molecule has 8 nitrogen and oxygen atoms in total. The Morgan fingerprint density at radius 2 is 1.81 bits per heavy atom. The highest BCUT2D eigenvalue weighted by Crippen LogP contribution is 2.35. The van der Waals surface area contributed by atoms with Gasteiger partial charge in [-0.3, -0.25) is 9.48 Å². The standard InChI is InChI=1S/C20H22F3N5O3/c1-26-16-6-7-28(19(30)24-15-5-3-2-4-14(15)20(21,22)23)12-13(16)17(25-26)18(29)27-8-10-31-11-9-27/h2-5H,6-12H2,1H3,(H,24,30). The van der Waals surface area contributed by atoms with Crippen LogP contribution in [0, 0.1) is 0 Å². The zero-order chi connectivity index (χ0) is 22.2. The third-order valence-electron chi connectivity index (χ3n) is 5.50. The Morgan fingerprint density at radius 3 is 2.52 bits per heavy atom. The van der Waals surface area contributed by atoms with Crippen molar-refractivity contribution in [1.82, 2.24) is 19.6 Å². The molecular weight excluding hydrogens is 415 g/mol. The summed E-state index contributed by atoms with van der Waals surface area (Å²) in [5.41, 5.74) is 0.528. The van der Waals surface area contributed by atoms with Gasteiger partial charge in [-0.05, 0) is 12.1 Å². The Labute approximate surface area is 176 Å². The number of fused-ring (bicyclic) bond motifs is 1. The zero-order valence-corrected chi connectivity index (χ0v) is 16.9. The number of nitrogens with zero attached hydrogens (tertiary/aromatic N) is 4. The van der Waals surface area contributed by atoms with Crippen LogP contribution in [0.25, 0.3) is 0 Å². The van der Waals surface area contributed by atoms with E-state index in [9.17, 15) is 22.8 Å². The molecular formula is C20H22F3N5O3. The van der Waals surface area contributed by atoms with Gasteiger partial charge in [0.1, 0.15) is 0 Å². The number of hydrogen-bond donors (Lipinski definition) is 1. The quantitative estimate of drug-likeness (QED) is 0.783. The number of aromatic nitrogens is 2. The van der Waals surface area contributed by atoms with Gasteiger partial charge in [-0.2, -0.15) is 18.3 Å². The Kier molecular flexibility index (Phi) is 5.61. The highest BCUT2D eigenvalue weighted by Gasteiger charge is 2.35. The molecule has 2 aliphatic heterocycles. The number of carbonyl (C=O) groups is 2. The highest BCUT2D eigenvalue weighted by molar-refractivity contribution is 5.95.